The molecular formula is C27H27F2N5O2. The Morgan fingerprint density at radius 1 is 1.31 bits per heavy atom. The molecule has 0 spiro atoms. The SMILES string of the molecule is C#C/C(=C(/C)F)c1c(C)cc(N)cc1-c1nc2c3c(nc(OC)nc3c1F)N(C/C=C\CCC)CO2. The number of methoxy groups -OCH3 is 1. The van der Waals surface area contributed by atoms with Crippen LogP contribution in [0.25, 0.3) is 27.7 Å². The standard InChI is InChI=1S/C27H27F2N5O2/c1-6-8-9-10-11-34-14-36-26-21-24(32-27(35-5)33-25(21)34)22(29)23(31-26)19-13-17(30)12-15(3)20(19)18(7-2)16(4)28/h2,9-10,12-13H,6,8,11,14,30H2,1,3-5H3/b10-9-,18-16+. The zero-order valence-corrected chi connectivity index (χ0v) is 20.7. The first kappa shape index (κ1) is 24.9. The van der Waals surface area contributed by atoms with Crippen LogP contribution >= 0.6 is 0 Å². The van der Waals surface area contributed by atoms with Crippen molar-refractivity contribution in [1.29, 1.82) is 0 Å². The molecule has 0 bridgehead atoms. The van der Waals surface area contributed by atoms with Crippen LogP contribution in [-0.4, -0.2) is 35.3 Å². The summed E-state index contributed by atoms with van der Waals surface area (Å²) < 4.78 is 41.8. The maximum atomic E-state index is 16.2. The lowest BCUT2D eigenvalue weighted by molar-refractivity contribution is 0.299. The molecule has 2 aromatic heterocycles. The largest absolute Gasteiger partial charge is 0.467 e. The number of benzene rings is 1. The second kappa shape index (κ2) is 10.2. The molecule has 1 aromatic carbocycles. The number of unbranched alkanes of at least 4 members (excludes halogenated alkanes) is 1. The van der Waals surface area contributed by atoms with E-state index in [9.17, 15) is 4.39 Å². The number of aromatic nitrogens is 3. The summed E-state index contributed by atoms with van der Waals surface area (Å²) in [5.74, 6) is 1.65. The number of hydrogen-bond donors (Lipinski definition) is 1. The Hall–Kier alpha value is -4.19. The van der Waals surface area contributed by atoms with Crippen molar-refractivity contribution in [2.75, 3.05) is 31.0 Å². The van der Waals surface area contributed by atoms with Crippen LogP contribution in [0.1, 0.15) is 37.8 Å². The second-order valence-corrected chi connectivity index (χ2v) is 8.41. The minimum atomic E-state index is -0.748. The van der Waals surface area contributed by atoms with Crippen molar-refractivity contribution in [3.8, 4) is 35.5 Å². The Labute approximate surface area is 208 Å². The molecule has 0 saturated heterocycles. The number of ether oxygens (including phenoxy) is 2. The zero-order chi connectivity index (χ0) is 26.0. The molecule has 0 unspecified atom stereocenters. The van der Waals surface area contributed by atoms with E-state index in [1.807, 2.05) is 11.0 Å². The van der Waals surface area contributed by atoms with E-state index in [0.29, 0.717) is 34.6 Å². The van der Waals surface area contributed by atoms with Gasteiger partial charge in [-0.3, -0.25) is 0 Å². The van der Waals surface area contributed by atoms with E-state index in [0.717, 1.165) is 12.8 Å². The molecule has 4 rings (SSSR count). The molecule has 0 radical (unpaired) electrons. The smallest absolute Gasteiger partial charge is 0.318 e. The molecule has 1 aliphatic heterocycles. The maximum absolute atomic E-state index is 16.2. The number of pyridine rings is 1. The highest BCUT2D eigenvalue weighted by atomic mass is 19.1. The molecule has 0 saturated carbocycles. The summed E-state index contributed by atoms with van der Waals surface area (Å²) in [6.07, 6.45) is 11.7. The van der Waals surface area contributed by atoms with E-state index in [1.54, 1.807) is 13.0 Å². The molecule has 9 heteroatoms. The van der Waals surface area contributed by atoms with Crippen LogP contribution in [0.3, 0.4) is 0 Å². The normalized spacial score (nSPS) is 13.5. The first-order valence-corrected chi connectivity index (χ1v) is 11.5. The molecular weight excluding hydrogens is 464 g/mol. The number of rotatable bonds is 7. The van der Waals surface area contributed by atoms with Crippen LogP contribution in [0.4, 0.5) is 20.3 Å². The Bertz CT molecular complexity index is 1440. The third-order valence-corrected chi connectivity index (χ3v) is 5.85. The molecule has 0 amide bonds. The highest BCUT2D eigenvalue weighted by molar-refractivity contribution is 5.99. The van der Waals surface area contributed by atoms with Crippen molar-refractivity contribution in [3.63, 3.8) is 0 Å². The van der Waals surface area contributed by atoms with Crippen molar-refractivity contribution >= 4 is 28.0 Å². The number of halogens is 2. The van der Waals surface area contributed by atoms with Crippen molar-refractivity contribution in [1.82, 2.24) is 15.0 Å². The van der Waals surface area contributed by atoms with Gasteiger partial charge in [-0.15, -0.1) is 6.42 Å². The molecule has 186 valence electrons. The Morgan fingerprint density at radius 2 is 2.08 bits per heavy atom. The number of aryl methyl sites for hydroxylation is 1. The first-order valence-electron chi connectivity index (χ1n) is 11.5. The van der Waals surface area contributed by atoms with Crippen LogP contribution in [0, 0.1) is 25.1 Å². The van der Waals surface area contributed by atoms with Crippen molar-refractivity contribution < 1.29 is 18.3 Å². The minimum Gasteiger partial charge on any atom is -0.467 e. The quantitative estimate of drug-likeness (QED) is 0.262. The molecule has 2 N–H and O–H groups in total. The lowest BCUT2D eigenvalue weighted by Crippen LogP contribution is -2.33. The van der Waals surface area contributed by atoms with E-state index in [2.05, 4.69) is 33.9 Å². The summed E-state index contributed by atoms with van der Waals surface area (Å²) in [6.45, 7) is 5.71. The Morgan fingerprint density at radius 3 is 2.75 bits per heavy atom. The number of hydrogen-bond acceptors (Lipinski definition) is 7. The van der Waals surface area contributed by atoms with Gasteiger partial charge in [0.05, 0.1) is 12.7 Å². The van der Waals surface area contributed by atoms with E-state index in [4.69, 9.17) is 21.6 Å². The summed E-state index contributed by atoms with van der Waals surface area (Å²) in [5, 5.41) is 0.323. The maximum Gasteiger partial charge on any atom is 0.318 e. The summed E-state index contributed by atoms with van der Waals surface area (Å²) in [7, 11) is 1.41. The molecule has 7 nitrogen and oxygen atoms in total. The van der Waals surface area contributed by atoms with Crippen LogP contribution in [0.5, 0.6) is 11.9 Å². The van der Waals surface area contributed by atoms with Gasteiger partial charge in [-0.2, -0.15) is 9.97 Å². The fourth-order valence-electron chi connectivity index (χ4n) is 4.21. The summed E-state index contributed by atoms with van der Waals surface area (Å²) in [6, 6.07) is 3.16. The highest BCUT2D eigenvalue weighted by Crippen LogP contribution is 2.42. The molecule has 0 atom stereocenters. The lowest BCUT2D eigenvalue weighted by Gasteiger charge is -2.29. The molecule has 0 fully saturated rings. The van der Waals surface area contributed by atoms with E-state index in [1.165, 1.54) is 20.1 Å². The Balaban J connectivity index is 2.00. The van der Waals surface area contributed by atoms with Crippen LogP contribution in [-0.2, 0) is 0 Å². The number of allylic oxidation sites excluding steroid dienone is 3. The van der Waals surface area contributed by atoms with Gasteiger partial charge in [-0.05, 0) is 38.0 Å². The van der Waals surface area contributed by atoms with Gasteiger partial charge in [0, 0.05) is 23.4 Å². The van der Waals surface area contributed by atoms with Crippen molar-refractivity contribution in [3.05, 3.63) is 47.1 Å². The molecule has 1 aliphatic rings. The molecule has 3 aromatic rings. The fourth-order valence-corrected chi connectivity index (χ4v) is 4.21. The summed E-state index contributed by atoms with van der Waals surface area (Å²) >= 11 is 0. The van der Waals surface area contributed by atoms with Gasteiger partial charge in [0.25, 0.3) is 0 Å². The summed E-state index contributed by atoms with van der Waals surface area (Å²) in [5.41, 5.74) is 7.42. The van der Waals surface area contributed by atoms with Gasteiger partial charge in [-0.25, -0.2) is 13.8 Å². The number of terminal acetylenes is 1. The highest BCUT2D eigenvalue weighted by Gasteiger charge is 2.30. The van der Waals surface area contributed by atoms with Crippen LogP contribution in [0.15, 0.2) is 30.1 Å². The predicted molar refractivity (Wildman–Crippen MR) is 138 cm³/mol. The van der Waals surface area contributed by atoms with Gasteiger partial charge in [0.1, 0.15) is 22.4 Å². The van der Waals surface area contributed by atoms with Gasteiger partial charge >= 0.3 is 6.01 Å². The number of nitrogen functional groups attached to an aromatic ring is 1. The molecule has 0 aliphatic carbocycles. The van der Waals surface area contributed by atoms with Gasteiger partial charge in [0.15, 0.2) is 18.4 Å². The minimum absolute atomic E-state index is 0.00303. The topological polar surface area (TPSA) is 86.4 Å². The summed E-state index contributed by atoms with van der Waals surface area (Å²) in [4.78, 5) is 15.1. The number of nitrogens with two attached hydrogens (primary N) is 1. The average Bonchev–Trinajstić information content (AvgIpc) is 2.85. The zero-order valence-electron chi connectivity index (χ0n) is 20.7. The second-order valence-electron chi connectivity index (χ2n) is 8.41. The third-order valence-electron chi connectivity index (χ3n) is 5.85. The average molecular weight is 492 g/mol. The van der Waals surface area contributed by atoms with Crippen LogP contribution in [0.2, 0.25) is 0 Å². The van der Waals surface area contributed by atoms with E-state index >= 15 is 4.39 Å². The fraction of sp³-hybridized carbons (Fsp3) is 0.296. The predicted octanol–water partition coefficient (Wildman–Crippen LogP) is 5.58. The van der Waals surface area contributed by atoms with Crippen molar-refractivity contribution in [2.45, 2.75) is 33.6 Å². The van der Waals surface area contributed by atoms with Gasteiger partial charge in [-0.1, -0.05) is 31.4 Å². The monoisotopic (exact) mass is 491 g/mol. The first-order chi connectivity index (χ1) is 17.3. The van der Waals surface area contributed by atoms with Gasteiger partial charge in [0.2, 0.25) is 5.88 Å². The van der Waals surface area contributed by atoms with Gasteiger partial charge < -0.3 is 20.1 Å². The van der Waals surface area contributed by atoms with Crippen molar-refractivity contribution in [2.24, 2.45) is 0 Å². The lowest BCUT2D eigenvalue weighted by atomic mass is 9.91. The molecule has 3 heterocycles. The van der Waals surface area contributed by atoms with E-state index in [-0.39, 0.29) is 41.0 Å². The Kier molecular flexibility index (Phi) is 7.06. The van der Waals surface area contributed by atoms with E-state index < -0.39 is 11.6 Å². The molecule has 36 heavy (non-hydrogen) atoms. The number of nitrogens with zero attached hydrogens (tertiary/aromatic N) is 4. The van der Waals surface area contributed by atoms with Crippen LogP contribution < -0.4 is 20.1 Å². The third kappa shape index (κ3) is 4.42. The number of anilines is 2.